The predicted molar refractivity (Wildman–Crippen MR) is 113 cm³/mol. The summed E-state index contributed by atoms with van der Waals surface area (Å²) < 4.78 is 7.46. The molecular weight excluding hydrogens is 364 g/mol. The van der Waals surface area contributed by atoms with Gasteiger partial charge in [0.05, 0.1) is 24.5 Å². The van der Waals surface area contributed by atoms with Crippen LogP contribution in [0.5, 0.6) is 0 Å². The van der Waals surface area contributed by atoms with Crippen LogP contribution in [0.25, 0.3) is 0 Å². The van der Waals surface area contributed by atoms with Gasteiger partial charge in [0, 0.05) is 25.2 Å². The van der Waals surface area contributed by atoms with Gasteiger partial charge < -0.3 is 19.9 Å². The molecule has 0 saturated heterocycles. The molecule has 29 heavy (non-hydrogen) atoms. The van der Waals surface area contributed by atoms with Crippen LogP contribution in [-0.4, -0.2) is 22.7 Å². The molecule has 0 saturated carbocycles. The number of hydrogen-bond donors (Lipinski definition) is 2. The Morgan fingerprint density at radius 1 is 1.24 bits per heavy atom. The molecule has 0 radical (unpaired) electrons. The minimum absolute atomic E-state index is 0.0318. The summed E-state index contributed by atoms with van der Waals surface area (Å²) in [5.41, 5.74) is 4.20. The number of methoxy groups -OCH3 is 1. The standard InChI is InChI=1S/C23H26N4O2/c1-16(29-2)18-7-5-8-19(14-18)25-23(28)26-22-20-9-4-3-6-17(20)10-11-21(22)27-13-12-24-15-27/h3-9,12-16,21-22H,10-11H2,1-2H3,(H2,25,26,28)/t16-,21+,22+/m1/s1. The molecule has 6 nitrogen and oxygen atoms in total. The van der Waals surface area contributed by atoms with Crippen LogP contribution >= 0.6 is 0 Å². The molecule has 2 amide bonds. The van der Waals surface area contributed by atoms with Crippen molar-refractivity contribution in [3.63, 3.8) is 0 Å². The topological polar surface area (TPSA) is 68.2 Å². The van der Waals surface area contributed by atoms with Crippen LogP contribution in [0.2, 0.25) is 0 Å². The van der Waals surface area contributed by atoms with Crippen molar-refractivity contribution in [1.82, 2.24) is 14.9 Å². The second kappa shape index (κ2) is 8.49. The number of aryl methyl sites for hydroxylation is 1. The zero-order valence-corrected chi connectivity index (χ0v) is 16.7. The van der Waals surface area contributed by atoms with E-state index in [4.69, 9.17) is 4.74 Å². The van der Waals surface area contributed by atoms with Crippen molar-refractivity contribution in [3.05, 3.63) is 83.9 Å². The Balaban J connectivity index is 1.55. The number of urea groups is 1. The highest BCUT2D eigenvalue weighted by atomic mass is 16.5. The highest BCUT2D eigenvalue weighted by Gasteiger charge is 2.31. The van der Waals surface area contributed by atoms with E-state index in [0.717, 1.165) is 29.7 Å². The molecule has 1 aliphatic carbocycles. The molecule has 0 bridgehead atoms. The van der Waals surface area contributed by atoms with Gasteiger partial charge in [0.15, 0.2) is 0 Å². The first-order chi connectivity index (χ1) is 14.2. The van der Waals surface area contributed by atoms with E-state index >= 15 is 0 Å². The number of benzene rings is 2. The van der Waals surface area contributed by atoms with Crippen LogP contribution in [0.3, 0.4) is 0 Å². The van der Waals surface area contributed by atoms with E-state index in [0.29, 0.717) is 0 Å². The summed E-state index contributed by atoms with van der Waals surface area (Å²) in [4.78, 5) is 17.1. The minimum Gasteiger partial charge on any atom is -0.377 e. The first kappa shape index (κ1) is 19.2. The number of fused-ring (bicyclic) bond motifs is 1. The number of nitrogens with one attached hydrogen (secondary N) is 2. The van der Waals surface area contributed by atoms with Gasteiger partial charge in [-0.15, -0.1) is 0 Å². The van der Waals surface area contributed by atoms with E-state index in [1.165, 1.54) is 5.56 Å². The van der Waals surface area contributed by atoms with E-state index in [-0.39, 0.29) is 24.2 Å². The van der Waals surface area contributed by atoms with E-state index in [2.05, 4.69) is 38.4 Å². The highest BCUT2D eigenvalue weighted by molar-refractivity contribution is 5.89. The number of imidazole rings is 1. The maximum absolute atomic E-state index is 12.9. The number of anilines is 1. The minimum atomic E-state index is -0.223. The lowest BCUT2D eigenvalue weighted by molar-refractivity contribution is 0.119. The largest absolute Gasteiger partial charge is 0.377 e. The lowest BCUT2D eigenvalue weighted by Crippen LogP contribution is -2.39. The normalized spacial score (nSPS) is 19.2. The molecule has 0 unspecified atom stereocenters. The lowest BCUT2D eigenvalue weighted by Gasteiger charge is -2.35. The molecule has 1 heterocycles. The van der Waals surface area contributed by atoms with Crippen LogP contribution in [0.4, 0.5) is 10.5 Å². The Labute approximate surface area is 170 Å². The maximum atomic E-state index is 12.9. The average molecular weight is 390 g/mol. The van der Waals surface area contributed by atoms with Crippen molar-refractivity contribution < 1.29 is 9.53 Å². The number of rotatable bonds is 5. The van der Waals surface area contributed by atoms with Crippen molar-refractivity contribution in [2.75, 3.05) is 12.4 Å². The smallest absolute Gasteiger partial charge is 0.319 e. The van der Waals surface area contributed by atoms with Crippen LogP contribution in [0.1, 0.15) is 48.2 Å². The maximum Gasteiger partial charge on any atom is 0.319 e. The van der Waals surface area contributed by atoms with Crippen molar-refractivity contribution in [3.8, 4) is 0 Å². The molecule has 3 atom stereocenters. The van der Waals surface area contributed by atoms with E-state index in [1.807, 2.05) is 49.8 Å². The van der Waals surface area contributed by atoms with Crippen molar-refractivity contribution in [2.45, 2.75) is 38.0 Å². The van der Waals surface area contributed by atoms with Gasteiger partial charge in [0.1, 0.15) is 0 Å². The van der Waals surface area contributed by atoms with Crippen LogP contribution in [-0.2, 0) is 11.2 Å². The third kappa shape index (κ3) is 4.17. The first-order valence-corrected chi connectivity index (χ1v) is 9.91. The molecule has 4 rings (SSSR count). The van der Waals surface area contributed by atoms with Crippen molar-refractivity contribution in [1.29, 1.82) is 0 Å². The molecule has 0 aliphatic heterocycles. The van der Waals surface area contributed by atoms with Gasteiger partial charge in [0.2, 0.25) is 0 Å². The molecule has 0 fully saturated rings. The predicted octanol–water partition coefficient (Wildman–Crippen LogP) is 4.64. The summed E-state index contributed by atoms with van der Waals surface area (Å²) >= 11 is 0. The number of hydrogen-bond acceptors (Lipinski definition) is 3. The van der Waals surface area contributed by atoms with E-state index in [9.17, 15) is 4.79 Å². The Morgan fingerprint density at radius 3 is 2.90 bits per heavy atom. The van der Waals surface area contributed by atoms with E-state index < -0.39 is 0 Å². The molecule has 1 aliphatic rings. The molecule has 3 aromatic rings. The Bertz CT molecular complexity index is 971. The first-order valence-electron chi connectivity index (χ1n) is 9.91. The molecule has 0 spiro atoms. The molecule has 6 heteroatoms. The second-order valence-corrected chi connectivity index (χ2v) is 7.39. The number of nitrogens with zero attached hydrogens (tertiary/aromatic N) is 2. The fourth-order valence-corrected chi connectivity index (χ4v) is 4.02. The molecule has 2 N–H and O–H groups in total. The quantitative estimate of drug-likeness (QED) is 0.667. The van der Waals surface area contributed by atoms with Gasteiger partial charge in [-0.2, -0.15) is 0 Å². The van der Waals surface area contributed by atoms with Crippen LogP contribution < -0.4 is 10.6 Å². The second-order valence-electron chi connectivity index (χ2n) is 7.39. The van der Waals surface area contributed by atoms with Gasteiger partial charge in [-0.3, -0.25) is 0 Å². The van der Waals surface area contributed by atoms with Crippen LogP contribution in [0.15, 0.2) is 67.3 Å². The Hall–Kier alpha value is -3.12. The average Bonchev–Trinajstić information content (AvgIpc) is 3.28. The summed E-state index contributed by atoms with van der Waals surface area (Å²) in [6, 6.07) is 15.8. The Morgan fingerprint density at radius 2 is 2.10 bits per heavy atom. The number of carbonyl (C=O) groups is 1. The fraction of sp³-hybridized carbons (Fsp3) is 0.304. The third-order valence-electron chi connectivity index (χ3n) is 5.65. The number of carbonyl (C=O) groups excluding carboxylic acids is 1. The third-order valence-corrected chi connectivity index (χ3v) is 5.65. The zero-order valence-electron chi connectivity index (χ0n) is 16.7. The van der Waals surface area contributed by atoms with Gasteiger partial charge in [0.25, 0.3) is 0 Å². The lowest BCUT2D eigenvalue weighted by atomic mass is 9.84. The summed E-state index contributed by atoms with van der Waals surface area (Å²) in [5.74, 6) is 0. The summed E-state index contributed by atoms with van der Waals surface area (Å²) in [5, 5.41) is 6.17. The molecular formula is C23H26N4O2. The van der Waals surface area contributed by atoms with Gasteiger partial charge in [-0.05, 0) is 48.6 Å². The molecule has 2 aromatic carbocycles. The summed E-state index contributed by atoms with van der Waals surface area (Å²) in [7, 11) is 1.67. The highest BCUT2D eigenvalue weighted by Crippen LogP contribution is 2.37. The number of ether oxygens (including phenoxy) is 1. The summed E-state index contributed by atoms with van der Waals surface area (Å²) in [6.07, 6.45) is 7.45. The summed E-state index contributed by atoms with van der Waals surface area (Å²) in [6.45, 7) is 1.98. The molecule has 1 aromatic heterocycles. The molecule has 150 valence electrons. The van der Waals surface area contributed by atoms with Crippen molar-refractivity contribution >= 4 is 11.7 Å². The van der Waals surface area contributed by atoms with Crippen LogP contribution in [0, 0.1) is 0 Å². The number of amides is 2. The monoisotopic (exact) mass is 390 g/mol. The van der Waals surface area contributed by atoms with Gasteiger partial charge in [-0.25, -0.2) is 9.78 Å². The SMILES string of the molecule is CO[C@H](C)c1cccc(NC(=O)N[C@H]2c3ccccc3CC[C@@H]2n2ccnc2)c1. The number of aromatic nitrogens is 2. The van der Waals surface area contributed by atoms with E-state index in [1.54, 1.807) is 13.3 Å². The Kier molecular flexibility index (Phi) is 5.62. The van der Waals surface area contributed by atoms with Gasteiger partial charge in [-0.1, -0.05) is 36.4 Å². The van der Waals surface area contributed by atoms with Crippen molar-refractivity contribution in [2.24, 2.45) is 0 Å². The van der Waals surface area contributed by atoms with Gasteiger partial charge >= 0.3 is 6.03 Å². The fourth-order valence-electron chi connectivity index (χ4n) is 4.02. The zero-order chi connectivity index (χ0) is 20.2.